The SMILES string of the molecule is CN1CCN(c2ccc(C(N)=S)c(Br)c2)CC1. The average molecular weight is 314 g/mol. The highest BCUT2D eigenvalue weighted by atomic mass is 79.9. The van der Waals surface area contributed by atoms with Crippen molar-refractivity contribution < 1.29 is 0 Å². The second-order valence-electron chi connectivity index (χ2n) is 4.32. The minimum absolute atomic E-state index is 0.432. The first-order valence-corrected chi connectivity index (χ1v) is 6.81. The standard InChI is InChI=1S/C12H16BrN3S/c1-15-4-6-16(7-5-15)9-2-3-10(12(14)17)11(13)8-9/h2-3,8H,4-7H2,1H3,(H2,14,17). The van der Waals surface area contributed by atoms with E-state index in [0.717, 1.165) is 36.2 Å². The fraction of sp³-hybridized carbons (Fsp3) is 0.417. The van der Waals surface area contributed by atoms with E-state index in [9.17, 15) is 0 Å². The molecule has 2 rings (SSSR count). The minimum Gasteiger partial charge on any atom is -0.389 e. The third kappa shape index (κ3) is 2.97. The van der Waals surface area contributed by atoms with Crippen LogP contribution in [-0.2, 0) is 0 Å². The van der Waals surface area contributed by atoms with Crippen molar-refractivity contribution in [3.8, 4) is 0 Å². The molecule has 1 aromatic rings. The van der Waals surface area contributed by atoms with Crippen molar-refractivity contribution in [2.45, 2.75) is 0 Å². The number of likely N-dealkylation sites (N-methyl/N-ethyl adjacent to an activating group) is 1. The maximum Gasteiger partial charge on any atom is 0.105 e. The van der Waals surface area contributed by atoms with Gasteiger partial charge in [0.25, 0.3) is 0 Å². The Bertz CT molecular complexity index is 428. The molecule has 0 saturated carbocycles. The predicted octanol–water partition coefficient (Wildman–Crippen LogP) is 1.84. The zero-order valence-corrected chi connectivity index (χ0v) is 12.2. The van der Waals surface area contributed by atoms with Crippen LogP contribution in [0.3, 0.4) is 0 Å². The Labute approximate surface area is 116 Å². The van der Waals surface area contributed by atoms with E-state index in [1.807, 2.05) is 6.07 Å². The van der Waals surface area contributed by atoms with Crippen LogP contribution in [0.1, 0.15) is 5.56 Å². The van der Waals surface area contributed by atoms with E-state index in [2.05, 4.69) is 44.9 Å². The summed E-state index contributed by atoms with van der Waals surface area (Å²) in [5.41, 5.74) is 7.77. The summed E-state index contributed by atoms with van der Waals surface area (Å²) in [5.74, 6) is 0. The maximum absolute atomic E-state index is 5.64. The lowest BCUT2D eigenvalue weighted by atomic mass is 10.2. The van der Waals surface area contributed by atoms with E-state index in [1.54, 1.807) is 0 Å². The first-order chi connectivity index (χ1) is 8.08. The molecule has 0 bridgehead atoms. The molecular formula is C12H16BrN3S. The van der Waals surface area contributed by atoms with Crippen molar-refractivity contribution in [3.05, 3.63) is 28.2 Å². The molecule has 5 heteroatoms. The molecule has 0 aromatic heterocycles. The highest BCUT2D eigenvalue weighted by molar-refractivity contribution is 9.10. The van der Waals surface area contributed by atoms with Gasteiger partial charge in [0.1, 0.15) is 4.99 Å². The molecule has 2 N–H and O–H groups in total. The number of hydrogen-bond donors (Lipinski definition) is 1. The van der Waals surface area contributed by atoms with Crippen LogP contribution in [0.4, 0.5) is 5.69 Å². The summed E-state index contributed by atoms with van der Waals surface area (Å²) in [7, 11) is 2.16. The molecule has 1 heterocycles. The van der Waals surface area contributed by atoms with Crippen molar-refractivity contribution in [1.29, 1.82) is 0 Å². The van der Waals surface area contributed by atoms with Crippen LogP contribution in [-0.4, -0.2) is 43.1 Å². The van der Waals surface area contributed by atoms with Crippen molar-refractivity contribution in [3.63, 3.8) is 0 Å². The quantitative estimate of drug-likeness (QED) is 0.844. The van der Waals surface area contributed by atoms with Crippen molar-refractivity contribution in [2.24, 2.45) is 5.73 Å². The minimum atomic E-state index is 0.432. The summed E-state index contributed by atoms with van der Waals surface area (Å²) in [6.45, 7) is 4.34. The Hall–Kier alpha value is -0.650. The summed E-state index contributed by atoms with van der Waals surface area (Å²) < 4.78 is 0.974. The normalized spacial score (nSPS) is 17.2. The van der Waals surface area contributed by atoms with Crippen molar-refractivity contribution in [2.75, 3.05) is 38.1 Å². The molecule has 0 spiro atoms. The van der Waals surface area contributed by atoms with Crippen LogP contribution in [0.5, 0.6) is 0 Å². The van der Waals surface area contributed by atoms with Crippen LogP contribution in [0, 0.1) is 0 Å². The molecule has 1 saturated heterocycles. The van der Waals surface area contributed by atoms with E-state index in [0.29, 0.717) is 4.99 Å². The van der Waals surface area contributed by atoms with Gasteiger partial charge in [0.05, 0.1) is 0 Å². The lowest BCUT2D eigenvalue weighted by Gasteiger charge is -2.34. The average Bonchev–Trinajstić information content (AvgIpc) is 2.29. The topological polar surface area (TPSA) is 32.5 Å². The first-order valence-electron chi connectivity index (χ1n) is 5.61. The number of nitrogens with zero attached hydrogens (tertiary/aromatic N) is 2. The number of piperazine rings is 1. The molecule has 0 aliphatic carbocycles. The van der Waals surface area contributed by atoms with E-state index >= 15 is 0 Å². The van der Waals surface area contributed by atoms with Crippen LogP contribution in [0.25, 0.3) is 0 Å². The molecule has 0 atom stereocenters. The Morgan fingerprint density at radius 3 is 2.47 bits per heavy atom. The van der Waals surface area contributed by atoms with Crippen molar-refractivity contribution in [1.82, 2.24) is 4.90 Å². The van der Waals surface area contributed by atoms with Gasteiger partial charge in [-0.3, -0.25) is 0 Å². The van der Waals surface area contributed by atoms with Gasteiger partial charge in [-0.05, 0) is 41.2 Å². The fourth-order valence-corrected chi connectivity index (χ4v) is 2.85. The first kappa shape index (κ1) is 12.8. The Balaban J connectivity index is 2.17. The number of anilines is 1. The molecule has 1 aliphatic heterocycles. The number of thiocarbonyl (C=S) groups is 1. The number of nitrogens with two attached hydrogens (primary N) is 1. The van der Waals surface area contributed by atoms with Crippen molar-refractivity contribution >= 4 is 38.8 Å². The highest BCUT2D eigenvalue weighted by Crippen LogP contribution is 2.24. The summed E-state index contributed by atoms with van der Waals surface area (Å²) in [5, 5.41) is 0. The molecule has 1 aromatic carbocycles. The molecule has 1 fully saturated rings. The Morgan fingerprint density at radius 1 is 1.29 bits per heavy atom. The molecule has 3 nitrogen and oxygen atoms in total. The Kier molecular flexibility index (Phi) is 4.01. The molecular weight excluding hydrogens is 298 g/mol. The lowest BCUT2D eigenvalue weighted by Crippen LogP contribution is -2.44. The van der Waals surface area contributed by atoms with Gasteiger partial charge >= 0.3 is 0 Å². The van der Waals surface area contributed by atoms with Gasteiger partial charge in [-0.25, -0.2) is 0 Å². The summed E-state index contributed by atoms with van der Waals surface area (Å²) >= 11 is 8.51. The van der Waals surface area contributed by atoms with Gasteiger partial charge in [-0.1, -0.05) is 12.2 Å². The number of rotatable bonds is 2. The number of hydrogen-bond acceptors (Lipinski definition) is 3. The summed E-state index contributed by atoms with van der Waals surface area (Å²) in [6, 6.07) is 6.17. The third-order valence-corrected chi connectivity index (χ3v) is 3.96. The van der Waals surface area contributed by atoms with Crippen LogP contribution >= 0.6 is 28.1 Å². The predicted molar refractivity (Wildman–Crippen MR) is 79.7 cm³/mol. The molecule has 0 amide bonds. The van der Waals surface area contributed by atoms with Gasteiger partial charge in [0.15, 0.2) is 0 Å². The van der Waals surface area contributed by atoms with E-state index < -0.39 is 0 Å². The van der Waals surface area contributed by atoms with Crippen LogP contribution in [0.15, 0.2) is 22.7 Å². The van der Waals surface area contributed by atoms with Crippen LogP contribution in [0.2, 0.25) is 0 Å². The van der Waals surface area contributed by atoms with E-state index in [1.165, 1.54) is 5.69 Å². The maximum atomic E-state index is 5.64. The van der Waals surface area contributed by atoms with Gasteiger partial charge in [-0.2, -0.15) is 0 Å². The monoisotopic (exact) mass is 313 g/mol. The van der Waals surface area contributed by atoms with Gasteiger partial charge in [-0.15, -0.1) is 0 Å². The zero-order valence-electron chi connectivity index (χ0n) is 9.82. The van der Waals surface area contributed by atoms with Gasteiger partial charge < -0.3 is 15.5 Å². The van der Waals surface area contributed by atoms with Crippen LogP contribution < -0.4 is 10.6 Å². The third-order valence-electron chi connectivity index (χ3n) is 3.09. The smallest absolute Gasteiger partial charge is 0.105 e. The Morgan fingerprint density at radius 2 is 1.94 bits per heavy atom. The molecule has 0 radical (unpaired) electrons. The summed E-state index contributed by atoms with van der Waals surface area (Å²) in [6.07, 6.45) is 0. The van der Waals surface area contributed by atoms with Gasteiger partial charge in [0, 0.05) is 41.9 Å². The molecule has 0 unspecified atom stereocenters. The van der Waals surface area contributed by atoms with Gasteiger partial charge in [0.2, 0.25) is 0 Å². The largest absolute Gasteiger partial charge is 0.389 e. The molecule has 17 heavy (non-hydrogen) atoms. The second kappa shape index (κ2) is 5.33. The fourth-order valence-electron chi connectivity index (χ4n) is 1.97. The second-order valence-corrected chi connectivity index (χ2v) is 5.61. The highest BCUT2D eigenvalue weighted by Gasteiger charge is 2.15. The van der Waals surface area contributed by atoms with E-state index in [4.69, 9.17) is 18.0 Å². The zero-order chi connectivity index (χ0) is 12.4. The van der Waals surface area contributed by atoms with E-state index in [-0.39, 0.29) is 0 Å². The lowest BCUT2D eigenvalue weighted by molar-refractivity contribution is 0.313. The summed E-state index contributed by atoms with van der Waals surface area (Å²) in [4.78, 5) is 5.16. The molecule has 92 valence electrons. The number of benzene rings is 1. The molecule has 1 aliphatic rings. The number of halogens is 1.